The van der Waals surface area contributed by atoms with Gasteiger partial charge in [0, 0.05) is 5.56 Å². The van der Waals surface area contributed by atoms with Crippen LogP contribution in [0, 0.1) is 0 Å². The summed E-state index contributed by atoms with van der Waals surface area (Å²) in [6.45, 7) is 0.585. The van der Waals surface area contributed by atoms with E-state index in [2.05, 4.69) is 21.7 Å². The maximum Gasteiger partial charge on any atom is 0.358 e. The summed E-state index contributed by atoms with van der Waals surface area (Å²) >= 11 is 0. The Morgan fingerprint density at radius 2 is 1.79 bits per heavy atom. The standard InChI is InChI=1S/C23H24N2O3/c1-27-23(26)21-22(18-11-6-3-7-12-18)25(16-24-21)19-13-8-14-20(19)28-15-17-9-4-2-5-10-17/h2-7,9-12,16,19-20H,8,13-15H2,1H3/t19-,20-/m1/s1. The molecule has 1 fully saturated rings. The second kappa shape index (κ2) is 8.40. The molecule has 0 aliphatic heterocycles. The van der Waals surface area contributed by atoms with Crippen molar-refractivity contribution in [2.45, 2.75) is 38.0 Å². The molecule has 1 aromatic heterocycles. The van der Waals surface area contributed by atoms with Gasteiger partial charge in [-0.15, -0.1) is 0 Å². The van der Waals surface area contributed by atoms with Crippen LogP contribution in [0.25, 0.3) is 11.3 Å². The largest absolute Gasteiger partial charge is 0.464 e. The zero-order valence-electron chi connectivity index (χ0n) is 16.0. The molecule has 28 heavy (non-hydrogen) atoms. The average Bonchev–Trinajstić information content (AvgIpc) is 3.39. The Balaban J connectivity index is 1.64. The lowest BCUT2D eigenvalue weighted by Gasteiger charge is -2.24. The van der Waals surface area contributed by atoms with Gasteiger partial charge in [0.15, 0.2) is 5.69 Å². The second-order valence-electron chi connectivity index (χ2n) is 7.04. The van der Waals surface area contributed by atoms with E-state index in [1.165, 1.54) is 7.11 Å². The molecule has 4 rings (SSSR count). The highest BCUT2D eigenvalue weighted by Gasteiger charge is 2.33. The molecule has 1 aliphatic rings. The third kappa shape index (κ3) is 3.71. The van der Waals surface area contributed by atoms with E-state index in [-0.39, 0.29) is 12.1 Å². The highest BCUT2D eigenvalue weighted by atomic mass is 16.5. The SMILES string of the molecule is COC(=O)c1ncn([C@@H]2CCC[C@H]2OCc2ccccc2)c1-c1ccccc1. The van der Waals surface area contributed by atoms with Gasteiger partial charge in [0.2, 0.25) is 0 Å². The fourth-order valence-corrected chi connectivity index (χ4v) is 3.94. The number of carbonyl (C=O) groups excluding carboxylic acids is 1. The molecule has 1 saturated carbocycles. The molecule has 144 valence electrons. The van der Waals surface area contributed by atoms with Gasteiger partial charge < -0.3 is 14.0 Å². The molecule has 2 aromatic carbocycles. The minimum Gasteiger partial charge on any atom is -0.464 e. The lowest BCUT2D eigenvalue weighted by atomic mass is 10.1. The van der Waals surface area contributed by atoms with Crippen molar-refractivity contribution in [3.8, 4) is 11.3 Å². The van der Waals surface area contributed by atoms with E-state index in [0.29, 0.717) is 12.3 Å². The number of hydrogen-bond donors (Lipinski definition) is 0. The molecule has 5 heteroatoms. The number of carbonyl (C=O) groups is 1. The summed E-state index contributed by atoms with van der Waals surface area (Å²) in [7, 11) is 1.39. The fraction of sp³-hybridized carbons (Fsp3) is 0.304. The van der Waals surface area contributed by atoms with E-state index in [4.69, 9.17) is 9.47 Å². The van der Waals surface area contributed by atoms with Crippen molar-refractivity contribution in [3.63, 3.8) is 0 Å². The molecule has 0 radical (unpaired) electrons. The molecule has 0 unspecified atom stereocenters. The van der Waals surface area contributed by atoms with E-state index < -0.39 is 5.97 Å². The lowest BCUT2D eigenvalue weighted by molar-refractivity contribution is 0.0198. The van der Waals surface area contributed by atoms with Crippen LogP contribution in [-0.2, 0) is 16.1 Å². The Labute approximate surface area is 164 Å². The van der Waals surface area contributed by atoms with Gasteiger partial charge >= 0.3 is 5.97 Å². The van der Waals surface area contributed by atoms with Gasteiger partial charge in [0.25, 0.3) is 0 Å². The Bertz CT molecular complexity index is 922. The summed E-state index contributed by atoms with van der Waals surface area (Å²) in [5.74, 6) is -0.419. The summed E-state index contributed by atoms with van der Waals surface area (Å²) in [6.07, 6.45) is 4.92. The Morgan fingerprint density at radius 1 is 1.07 bits per heavy atom. The van der Waals surface area contributed by atoms with Gasteiger partial charge in [-0.2, -0.15) is 0 Å². The van der Waals surface area contributed by atoms with Crippen molar-refractivity contribution in [3.05, 3.63) is 78.2 Å². The monoisotopic (exact) mass is 376 g/mol. The third-order valence-electron chi connectivity index (χ3n) is 5.30. The van der Waals surface area contributed by atoms with Gasteiger partial charge in [-0.05, 0) is 24.8 Å². The van der Waals surface area contributed by atoms with Crippen LogP contribution in [0.1, 0.15) is 41.4 Å². The summed E-state index contributed by atoms with van der Waals surface area (Å²) in [4.78, 5) is 16.7. The highest BCUT2D eigenvalue weighted by Crippen LogP contribution is 2.37. The molecule has 5 nitrogen and oxygen atoms in total. The van der Waals surface area contributed by atoms with E-state index in [0.717, 1.165) is 36.1 Å². The number of esters is 1. The molecule has 0 amide bonds. The smallest absolute Gasteiger partial charge is 0.358 e. The van der Waals surface area contributed by atoms with E-state index in [1.807, 2.05) is 48.5 Å². The van der Waals surface area contributed by atoms with E-state index in [9.17, 15) is 4.79 Å². The number of imidazole rings is 1. The molecular weight excluding hydrogens is 352 g/mol. The molecule has 0 bridgehead atoms. The average molecular weight is 376 g/mol. The first-order valence-corrected chi connectivity index (χ1v) is 9.64. The third-order valence-corrected chi connectivity index (χ3v) is 5.30. The Hall–Kier alpha value is -2.92. The Morgan fingerprint density at radius 3 is 2.50 bits per heavy atom. The summed E-state index contributed by atoms with van der Waals surface area (Å²) in [5.41, 5.74) is 3.27. The summed E-state index contributed by atoms with van der Waals surface area (Å²) in [5, 5.41) is 0. The van der Waals surface area contributed by atoms with Gasteiger partial charge in [0.05, 0.1) is 37.9 Å². The zero-order valence-corrected chi connectivity index (χ0v) is 16.0. The molecule has 0 saturated heterocycles. The maximum absolute atomic E-state index is 12.3. The zero-order chi connectivity index (χ0) is 19.3. The van der Waals surface area contributed by atoms with Crippen molar-refractivity contribution in [1.29, 1.82) is 0 Å². The van der Waals surface area contributed by atoms with Crippen molar-refractivity contribution < 1.29 is 14.3 Å². The minimum absolute atomic E-state index is 0.0855. The molecule has 1 aliphatic carbocycles. The van der Waals surface area contributed by atoms with Crippen molar-refractivity contribution in [2.24, 2.45) is 0 Å². The summed E-state index contributed by atoms with van der Waals surface area (Å²) in [6, 6.07) is 20.2. The predicted octanol–water partition coefficient (Wildman–Crippen LogP) is 4.65. The quantitative estimate of drug-likeness (QED) is 0.588. The van der Waals surface area contributed by atoms with Crippen LogP contribution in [0.2, 0.25) is 0 Å². The number of rotatable bonds is 6. The molecule has 2 atom stereocenters. The van der Waals surface area contributed by atoms with Crippen LogP contribution in [0.3, 0.4) is 0 Å². The first-order valence-electron chi connectivity index (χ1n) is 9.64. The van der Waals surface area contributed by atoms with Crippen LogP contribution in [0.5, 0.6) is 0 Å². The van der Waals surface area contributed by atoms with E-state index in [1.54, 1.807) is 6.33 Å². The number of ether oxygens (including phenoxy) is 2. The van der Waals surface area contributed by atoms with Gasteiger partial charge in [-0.25, -0.2) is 9.78 Å². The van der Waals surface area contributed by atoms with Crippen LogP contribution < -0.4 is 0 Å². The number of aromatic nitrogens is 2. The number of hydrogen-bond acceptors (Lipinski definition) is 4. The first-order chi connectivity index (χ1) is 13.8. The van der Waals surface area contributed by atoms with Gasteiger partial charge in [-0.1, -0.05) is 60.7 Å². The molecular formula is C23H24N2O3. The first kappa shape index (κ1) is 18.4. The van der Waals surface area contributed by atoms with Crippen LogP contribution in [0.15, 0.2) is 67.0 Å². The molecule has 3 aromatic rings. The van der Waals surface area contributed by atoms with Crippen molar-refractivity contribution in [1.82, 2.24) is 9.55 Å². The normalized spacial score (nSPS) is 18.9. The second-order valence-corrected chi connectivity index (χ2v) is 7.04. The van der Waals surface area contributed by atoms with E-state index >= 15 is 0 Å². The van der Waals surface area contributed by atoms with Crippen LogP contribution in [-0.4, -0.2) is 28.7 Å². The number of nitrogens with zero attached hydrogens (tertiary/aromatic N) is 2. The van der Waals surface area contributed by atoms with Crippen molar-refractivity contribution in [2.75, 3.05) is 7.11 Å². The topological polar surface area (TPSA) is 53.3 Å². The minimum atomic E-state index is -0.419. The molecule has 0 spiro atoms. The van der Waals surface area contributed by atoms with Crippen molar-refractivity contribution >= 4 is 5.97 Å². The van der Waals surface area contributed by atoms with Gasteiger partial charge in [0.1, 0.15) is 0 Å². The molecule has 0 N–H and O–H groups in total. The predicted molar refractivity (Wildman–Crippen MR) is 107 cm³/mol. The maximum atomic E-state index is 12.3. The number of benzene rings is 2. The number of methoxy groups -OCH3 is 1. The summed E-state index contributed by atoms with van der Waals surface area (Å²) < 4.78 is 13.3. The van der Waals surface area contributed by atoms with Crippen LogP contribution >= 0.6 is 0 Å². The highest BCUT2D eigenvalue weighted by molar-refractivity contribution is 5.94. The lowest BCUT2D eigenvalue weighted by Crippen LogP contribution is -2.22. The van der Waals surface area contributed by atoms with Gasteiger partial charge in [-0.3, -0.25) is 0 Å². The fourth-order valence-electron chi connectivity index (χ4n) is 3.94. The molecule has 1 heterocycles. The van der Waals surface area contributed by atoms with Crippen LogP contribution in [0.4, 0.5) is 0 Å². The Kier molecular flexibility index (Phi) is 5.53.